The van der Waals surface area contributed by atoms with Gasteiger partial charge in [0, 0.05) is 31.3 Å². The van der Waals surface area contributed by atoms with Crippen LogP contribution < -0.4 is 14.2 Å². The number of carbonyl (C=O) groups excluding carboxylic acids is 1. The fraction of sp³-hybridized carbons (Fsp3) is 0.500. The van der Waals surface area contributed by atoms with Crippen LogP contribution in [0, 0.1) is 22.0 Å². The van der Waals surface area contributed by atoms with Crippen LogP contribution >= 0.6 is 0 Å². The van der Waals surface area contributed by atoms with Gasteiger partial charge in [-0.3, -0.25) is 15.0 Å². The van der Waals surface area contributed by atoms with Crippen LogP contribution in [0.3, 0.4) is 0 Å². The van der Waals surface area contributed by atoms with Gasteiger partial charge in [-0.05, 0) is 68.0 Å². The van der Waals surface area contributed by atoms with Gasteiger partial charge >= 0.3 is 6.09 Å². The van der Waals surface area contributed by atoms with Crippen molar-refractivity contribution >= 4 is 21.8 Å². The molecule has 0 aliphatic carbocycles. The second-order valence-electron chi connectivity index (χ2n) is 14.8. The fourth-order valence-corrected chi connectivity index (χ4v) is 9.13. The highest BCUT2D eigenvalue weighted by Crippen LogP contribution is 2.40. The minimum Gasteiger partial charge on any atom is -0.489 e. The summed E-state index contributed by atoms with van der Waals surface area (Å²) in [6.45, 7) is 8.49. The summed E-state index contributed by atoms with van der Waals surface area (Å²) in [6.07, 6.45) is -1.21. The number of amides is 1. The first kappa shape index (κ1) is 37.8. The number of rotatable bonds is 13. The molecule has 0 aromatic heterocycles. The van der Waals surface area contributed by atoms with Crippen molar-refractivity contribution in [2.75, 3.05) is 33.1 Å². The van der Waals surface area contributed by atoms with E-state index in [0.29, 0.717) is 42.3 Å². The van der Waals surface area contributed by atoms with Gasteiger partial charge in [-0.15, -0.1) is 0 Å². The molecule has 16 heteroatoms. The zero-order chi connectivity index (χ0) is 38.2. The molecule has 0 bridgehead atoms. The summed E-state index contributed by atoms with van der Waals surface area (Å²) in [5, 5.41) is 11.2. The predicted octanol–water partition coefficient (Wildman–Crippen LogP) is 5.50. The monoisotopic (exact) mass is 767 g/mol. The van der Waals surface area contributed by atoms with Crippen LogP contribution in [0.15, 0.2) is 71.6 Å². The Labute approximate surface area is 314 Å². The normalized spacial score (nSPS) is 24.3. The van der Waals surface area contributed by atoms with E-state index in [1.54, 1.807) is 49.1 Å². The zero-order valence-corrected chi connectivity index (χ0v) is 31.4. The standard InChI is InChI=1S/C38H45N3O12S/c1-24(2)19-39(54(45,46)29-12-13-32-33(18-29)51-23-50-32)20-34-31(40(38(3,4)53-34)37(42)52-35-22-49-36-30(35)14-15-47-36)17-25-8-10-28(11-9-25)48-21-26-6-5-7-27(16-26)41(43)44/h5-13,16,18,24,30-31,34-36H,14-15,17,19-23H2,1-4H3/t30-,31-,34+,35-,36+/m0/s1. The van der Waals surface area contributed by atoms with E-state index in [1.807, 2.05) is 26.0 Å². The molecule has 5 atom stereocenters. The Balaban J connectivity index is 1.14. The Kier molecular flexibility index (Phi) is 10.7. The van der Waals surface area contributed by atoms with Crippen molar-refractivity contribution in [2.24, 2.45) is 11.8 Å². The summed E-state index contributed by atoms with van der Waals surface area (Å²) in [5.41, 5.74) is 0.318. The molecule has 54 heavy (non-hydrogen) atoms. The first-order valence-corrected chi connectivity index (χ1v) is 19.5. The Morgan fingerprint density at radius 1 is 1.04 bits per heavy atom. The van der Waals surface area contributed by atoms with Crippen molar-refractivity contribution in [2.45, 2.75) is 82.3 Å². The highest BCUT2D eigenvalue weighted by molar-refractivity contribution is 7.89. The van der Waals surface area contributed by atoms with Gasteiger partial charge < -0.3 is 33.2 Å². The third-order valence-corrected chi connectivity index (χ3v) is 11.9. The summed E-state index contributed by atoms with van der Waals surface area (Å²) in [7, 11) is -4.05. The Morgan fingerprint density at radius 3 is 2.57 bits per heavy atom. The molecule has 4 aliphatic rings. The first-order valence-electron chi connectivity index (χ1n) is 18.0. The average Bonchev–Trinajstić information content (AvgIpc) is 3.92. The molecule has 0 unspecified atom stereocenters. The summed E-state index contributed by atoms with van der Waals surface area (Å²) in [5.74, 6) is 1.28. The Hall–Kier alpha value is -4.48. The maximum Gasteiger partial charge on any atom is 0.412 e. The molecule has 1 amide bonds. The van der Waals surface area contributed by atoms with Crippen molar-refractivity contribution in [3.05, 3.63) is 88.0 Å². The molecule has 3 aromatic carbocycles. The molecular formula is C38H45N3O12S. The molecule has 290 valence electrons. The van der Waals surface area contributed by atoms with Crippen molar-refractivity contribution in [1.82, 2.24) is 9.21 Å². The third-order valence-electron chi connectivity index (χ3n) is 10.0. The van der Waals surface area contributed by atoms with E-state index >= 15 is 0 Å². The smallest absolute Gasteiger partial charge is 0.412 e. The van der Waals surface area contributed by atoms with Gasteiger partial charge in [0.15, 0.2) is 17.8 Å². The van der Waals surface area contributed by atoms with Gasteiger partial charge in [0.25, 0.3) is 5.69 Å². The number of ether oxygens (including phenoxy) is 7. The molecule has 3 aromatic rings. The van der Waals surface area contributed by atoms with Gasteiger partial charge in [0.05, 0.1) is 41.1 Å². The number of nitrogens with zero attached hydrogens (tertiary/aromatic N) is 3. The van der Waals surface area contributed by atoms with Gasteiger partial charge in [-0.1, -0.05) is 38.1 Å². The maximum atomic E-state index is 14.3. The molecule has 0 radical (unpaired) electrons. The molecule has 7 rings (SSSR count). The van der Waals surface area contributed by atoms with Crippen molar-refractivity contribution in [3.8, 4) is 17.2 Å². The number of non-ortho nitro benzene ring substituents is 1. The Bertz CT molecular complexity index is 1960. The van der Waals surface area contributed by atoms with Crippen LogP contribution in [0.5, 0.6) is 17.2 Å². The second kappa shape index (κ2) is 15.3. The van der Waals surface area contributed by atoms with E-state index in [0.717, 1.165) is 5.56 Å². The molecule has 0 N–H and O–H groups in total. The van der Waals surface area contributed by atoms with E-state index in [4.69, 9.17) is 33.2 Å². The van der Waals surface area contributed by atoms with Crippen LogP contribution in [-0.2, 0) is 42.0 Å². The van der Waals surface area contributed by atoms with Gasteiger partial charge in [0.2, 0.25) is 16.8 Å². The fourth-order valence-electron chi connectivity index (χ4n) is 7.50. The number of carbonyl (C=O) groups is 1. The van der Waals surface area contributed by atoms with Crippen molar-refractivity contribution < 1.29 is 51.3 Å². The first-order chi connectivity index (χ1) is 25.8. The quantitative estimate of drug-likeness (QED) is 0.159. The van der Waals surface area contributed by atoms with E-state index in [1.165, 1.54) is 28.6 Å². The summed E-state index contributed by atoms with van der Waals surface area (Å²) >= 11 is 0. The van der Waals surface area contributed by atoms with E-state index in [-0.39, 0.29) is 55.5 Å². The van der Waals surface area contributed by atoms with E-state index in [9.17, 15) is 23.3 Å². The molecule has 15 nitrogen and oxygen atoms in total. The highest BCUT2D eigenvalue weighted by Gasteiger charge is 2.53. The number of fused-ring (bicyclic) bond motifs is 2. The lowest BCUT2D eigenvalue weighted by Crippen LogP contribution is -2.51. The largest absolute Gasteiger partial charge is 0.489 e. The predicted molar refractivity (Wildman–Crippen MR) is 192 cm³/mol. The summed E-state index contributed by atoms with van der Waals surface area (Å²) in [4.78, 5) is 26.6. The minimum absolute atomic E-state index is 0.0134. The molecular weight excluding hydrogens is 722 g/mol. The van der Waals surface area contributed by atoms with E-state index < -0.39 is 51.3 Å². The molecule has 0 spiro atoms. The summed E-state index contributed by atoms with van der Waals surface area (Å²) in [6, 6.07) is 17.5. The number of sulfonamides is 1. The SMILES string of the molecule is CC(C)CN(C[C@H]1OC(C)(C)N(C(=O)O[C@H]2CO[C@H]3OCC[C@H]32)[C@H]1Cc1ccc(OCc2cccc([N+](=O)[O-])c2)cc1)S(=O)(=O)c1ccc2c(c1)OCO2. The van der Waals surface area contributed by atoms with Crippen molar-refractivity contribution in [3.63, 3.8) is 0 Å². The Morgan fingerprint density at radius 2 is 1.81 bits per heavy atom. The van der Waals surface area contributed by atoms with Gasteiger partial charge in [-0.2, -0.15) is 4.31 Å². The average molecular weight is 768 g/mol. The van der Waals surface area contributed by atoms with Gasteiger partial charge in [0.1, 0.15) is 24.2 Å². The molecule has 3 saturated heterocycles. The van der Waals surface area contributed by atoms with Crippen LogP contribution in [0.2, 0.25) is 0 Å². The minimum atomic E-state index is -4.05. The number of benzene rings is 3. The lowest BCUT2D eigenvalue weighted by molar-refractivity contribution is -0.384. The molecule has 4 aliphatic heterocycles. The van der Waals surface area contributed by atoms with Crippen LogP contribution in [0.4, 0.5) is 10.5 Å². The van der Waals surface area contributed by atoms with Crippen LogP contribution in [-0.4, -0.2) is 92.0 Å². The number of hydrogen-bond acceptors (Lipinski definition) is 12. The lowest BCUT2D eigenvalue weighted by Gasteiger charge is -2.34. The van der Waals surface area contributed by atoms with Crippen LogP contribution in [0.1, 0.15) is 45.2 Å². The van der Waals surface area contributed by atoms with Crippen molar-refractivity contribution in [1.29, 1.82) is 0 Å². The maximum absolute atomic E-state index is 14.3. The topological polar surface area (TPSA) is 165 Å². The van der Waals surface area contributed by atoms with E-state index in [2.05, 4.69) is 0 Å². The highest BCUT2D eigenvalue weighted by atomic mass is 32.2. The molecule has 3 fully saturated rings. The summed E-state index contributed by atoms with van der Waals surface area (Å²) < 4.78 is 70.9. The zero-order valence-electron chi connectivity index (χ0n) is 30.6. The third kappa shape index (κ3) is 7.98. The van der Waals surface area contributed by atoms with Crippen LogP contribution in [0.25, 0.3) is 0 Å². The molecule has 0 saturated carbocycles. The molecule has 4 heterocycles. The second-order valence-corrected chi connectivity index (χ2v) is 16.7. The number of nitro groups is 1. The van der Waals surface area contributed by atoms with Gasteiger partial charge in [-0.25, -0.2) is 13.2 Å². The lowest BCUT2D eigenvalue weighted by atomic mass is 9.99. The number of nitro benzene ring substituents is 1. The number of hydrogen-bond donors (Lipinski definition) is 0.